The van der Waals surface area contributed by atoms with Crippen LogP contribution in [0.1, 0.15) is 0 Å². The number of rotatable bonds is 0. The van der Waals surface area contributed by atoms with E-state index in [1.807, 2.05) is 0 Å². The zero-order chi connectivity index (χ0) is 0. The fraction of sp³-hybridized carbons (Fsp3) is 0. The zero-order valence-corrected chi connectivity index (χ0v) is 3.24. The third kappa shape index (κ3) is 9.81. The summed E-state index contributed by atoms with van der Waals surface area (Å²) in [5.41, 5.74) is 0. The van der Waals surface area contributed by atoms with Crippen LogP contribution in [-0.2, 0) is 17.1 Å². The first-order chi connectivity index (χ1) is 0. The van der Waals surface area contributed by atoms with Crippen molar-refractivity contribution in [3.63, 3.8) is 0 Å². The molecule has 33 valence electrons. The molecule has 0 aliphatic rings. The summed E-state index contributed by atoms with van der Waals surface area (Å²) in [7, 11) is 0. The topological polar surface area (TPSA) is 31.5 Å². The average Bonchev–Trinajstić information content (AvgIpc) is 0. The Hall–Kier alpha value is 1.47. The molecule has 1 radical (unpaired) electrons. The van der Waals surface area contributed by atoms with E-state index in [0.717, 1.165) is 0 Å². The Balaban J connectivity index is 0. The molecule has 0 aliphatic heterocycles. The molecular formula is H7CuGaOS. The SMILES string of the molecule is O.S.[Cu].[GaH3]. The summed E-state index contributed by atoms with van der Waals surface area (Å²) in [5.74, 6) is 0. The molecule has 1 nitrogen and oxygen atoms in total. The molecule has 0 amide bonds. The second kappa shape index (κ2) is 25.0. The fourth-order valence-corrected chi connectivity index (χ4v) is 0. The van der Waals surface area contributed by atoms with Crippen LogP contribution in [0, 0.1) is 0 Å². The van der Waals surface area contributed by atoms with Crippen LogP contribution in [0.15, 0.2) is 0 Å². The Morgan fingerprint density at radius 2 is 1.00 bits per heavy atom. The van der Waals surface area contributed by atoms with Crippen molar-refractivity contribution in [2.24, 2.45) is 0 Å². The maximum absolute atomic E-state index is 0. The molecule has 0 aromatic rings. The van der Waals surface area contributed by atoms with Gasteiger partial charge < -0.3 is 5.48 Å². The van der Waals surface area contributed by atoms with Crippen LogP contribution in [0.3, 0.4) is 0 Å². The van der Waals surface area contributed by atoms with E-state index in [-0.39, 0.29) is 55.8 Å². The van der Waals surface area contributed by atoms with Gasteiger partial charge in [-0.1, -0.05) is 0 Å². The molecule has 0 aliphatic carbocycles. The van der Waals surface area contributed by atoms with E-state index in [1.165, 1.54) is 0 Å². The first-order valence-electron chi connectivity index (χ1n) is 0. The monoisotopic (exact) mass is 187 g/mol. The molecule has 0 atom stereocenters. The van der Waals surface area contributed by atoms with Crippen LogP contribution in [0.5, 0.6) is 0 Å². The van der Waals surface area contributed by atoms with Crippen molar-refractivity contribution in [1.82, 2.24) is 0 Å². The number of hydrogen-bond acceptors (Lipinski definition) is 0. The van der Waals surface area contributed by atoms with E-state index in [1.54, 1.807) is 0 Å². The van der Waals surface area contributed by atoms with Crippen molar-refractivity contribution >= 4 is 33.3 Å². The predicted molar refractivity (Wildman–Crippen MR) is 23.9 cm³/mol. The van der Waals surface area contributed by atoms with E-state index in [2.05, 4.69) is 0 Å². The minimum atomic E-state index is 0. The van der Waals surface area contributed by atoms with Crippen molar-refractivity contribution < 1.29 is 22.5 Å². The standard InChI is InChI=1S/Cu.Ga.H2O.H2S.3H/h;;2*1H2;;;. The molecule has 2 N–H and O–H groups in total. The Morgan fingerprint density at radius 1 is 1.00 bits per heavy atom. The summed E-state index contributed by atoms with van der Waals surface area (Å²) in [6.45, 7) is 0. The van der Waals surface area contributed by atoms with Gasteiger partial charge in [0.05, 0.1) is 0 Å². The Kier molecular flexibility index (Phi) is 317. The molecule has 0 saturated heterocycles. The van der Waals surface area contributed by atoms with Crippen LogP contribution in [-0.4, -0.2) is 25.3 Å². The van der Waals surface area contributed by atoms with Gasteiger partial charge in [-0.25, -0.2) is 0 Å². The van der Waals surface area contributed by atoms with Gasteiger partial charge in [-0.05, 0) is 0 Å². The van der Waals surface area contributed by atoms with Gasteiger partial charge in [0.1, 0.15) is 0 Å². The Morgan fingerprint density at radius 3 is 1.00 bits per heavy atom. The molecule has 0 fully saturated rings. The van der Waals surface area contributed by atoms with E-state index in [0.29, 0.717) is 0 Å². The van der Waals surface area contributed by atoms with Crippen molar-refractivity contribution in [3.8, 4) is 0 Å². The first kappa shape index (κ1) is 50.7. The first-order valence-corrected chi connectivity index (χ1v) is 0. The van der Waals surface area contributed by atoms with Gasteiger partial charge in [0.25, 0.3) is 0 Å². The summed E-state index contributed by atoms with van der Waals surface area (Å²) in [6.07, 6.45) is 0. The van der Waals surface area contributed by atoms with Crippen LogP contribution in [0.4, 0.5) is 0 Å². The van der Waals surface area contributed by atoms with Gasteiger partial charge in [-0.3, -0.25) is 0 Å². The molecule has 4 heavy (non-hydrogen) atoms. The predicted octanol–water partition coefficient (Wildman–Crippen LogP) is -1.90. The molecule has 0 spiro atoms. The van der Waals surface area contributed by atoms with Crippen LogP contribution >= 0.6 is 13.5 Å². The molecule has 0 unspecified atom stereocenters. The second-order valence-electron chi connectivity index (χ2n) is 0. The van der Waals surface area contributed by atoms with Gasteiger partial charge in [-0.2, -0.15) is 13.5 Å². The molecule has 0 aromatic heterocycles. The Bertz CT molecular complexity index is 8.00. The van der Waals surface area contributed by atoms with Gasteiger partial charge in [0, 0.05) is 17.1 Å². The van der Waals surface area contributed by atoms with Crippen LogP contribution in [0.2, 0.25) is 0 Å². The van der Waals surface area contributed by atoms with E-state index < -0.39 is 0 Å². The summed E-state index contributed by atoms with van der Waals surface area (Å²) >= 11 is 0. The average molecular weight is 188 g/mol. The van der Waals surface area contributed by atoms with E-state index in [4.69, 9.17) is 0 Å². The molecule has 0 heterocycles. The molecule has 0 bridgehead atoms. The van der Waals surface area contributed by atoms with Crippen molar-refractivity contribution in [2.75, 3.05) is 0 Å². The summed E-state index contributed by atoms with van der Waals surface area (Å²) in [4.78, 5) is 0. The molecular weight excluding hydrogens is 181 g/mol. The fourth-order valence-electron chi connectivity index (χ4n) is 0. The molecule has 0 aromatic carbocycles. The summed E-state index contributed by atoms with van der Waals surface area (Å²) in [5, 5.41) is 0. The summed E-state index contributed by atoms with van der Waals surface area (Å²) in [6, 6.07) is 0. The number of hydrogen-bond donors (Lipinski definition) is 0. The van der Waals surface area contributed by atoms with Gasteiger partial charge in [0.2, 0.25) is 0 Å². The van der Waals surface area contributed by atoms with Gasteiger partial charge in [0.15, 0.2) is 0 Å². The molecule has 0 rings (SSSR count). The second-order valence-corrected chi connectivity index (χ2v) is 0. The van der Waals surface area contributed by atoms with Crippen molar-refractivity contribution in [2.45, 2.75) is 0 Å². The van der Waals surface area contributed by atoms with Crippen molar-refractivity contribution in [1.29, 1.82) is 0 Å². The zero-order valence-electron chi connectivity index (χ0n) is 1.30. The minimum absolute atomic E-state index is 0. The molecule has 0 saturated carbocycles. The van der Waals surface area contributed by atoms with Gasteiger partial charge >= 0.3 is 19.8 Å². The molecule has 4 heteroatoms. The maximum atomic E-state index is 0. The van der Waals surface area contributed by atoms with Gasteiger partial charge in [-0.15, -0.1) is 0 Å². The van der Waals surface area contributed by atoms with E-state index >= 15 is 0 Å². The summed E-state index contributed by atoms with van der Waals surface area (Å²) < 4.78 is 0. The quantitative estimate of drug-likeness (QED) is 0.398. The van der Waals surface area contributed by atoms with Crippen LogP contribution in [0.25, 0.3) is 0 Å². The third-order valence-corrected chi connectivity index (χ3v) is 0. The normalized spacial score (nSPS) is 0. The van der Waals surface area contributed by atoms with Crippen LogP contribution < -0.4 is 0 Å². The van der Waals surface area contributed by atoms with Crippen molar-refractivity contribution in [3.05, 3.63) is 0 Å². The third-order valence-electron chi connectivity index (χ3n) is 0. The Labute approximate surface area is 55.8 Å². The van der Waals surface area contributed by atoms with E-state index in [9.17, 15) is 0 Å².